The van der Waals surface area contributed by atoms with Gasteiger partial charge in [-0.15, -0.1) is 0 Å². The van der Waals surface area contributed by atoms with E-state index in [2.05, 4.69) is 4.98 Å². The molecule has 1 aliphatic rings. The number of nitrogens with zero attached hydrogens (tertiary/aromatic N) is 1. The number of benzene rings is 3. The minimum Gasteiger partial charge on any atom is -0.493 e. The maximum Gasteiger partial charge on any atom is 0.339 e. The number of pyridine rings is 1. The number of carbonyl (C=O) groups excluding carboxylic acids is 1. The lowest BCUT2D eigenvalue weighted by molar-refractivity contribution is 0.0372. The van der Waals surface area contributed by atoms with Gasteiger partial charge in [0.05, 0.1) is 32.6 Å². The molecule has 3 aromatic carbocycles. The van der Waals surface area contributed by atoms with Crippen molar-refractivity contribution < 1.29 is 33.2 Å². The van der Waals surface area contributed by atoms with E-state index >= 15 is 0 Å². The number of rotatable bonds is 7. The molecule has 5 rings (SSSR count). The van der Waals surface area contributed by atoms with Crippen LogP contribution >= 0.6 is 0 Å². The average Bonchev–Trinajstić information content (AvgIpc) is 3.38. The molecular formula is C27H23NO7. The molecule has 1 aromatic heterocycles. The highest BCUT2D eigenvalue weighted by Gasteiger charge is 2.27. The highest BCUT2D eigenvalue weighted by atomic mass is 16.7. The van der Waals surface area contributed by atoms with Crippen LogP contribution in [0.15, 0.2) is 66.9 Å². The molecule has 0 unspecified atom stereocenters. The molecule has 2 heterocycles. The van der Waals surface area contributed by atoms with Gasteiger partial charge >= 0.3 is 5.97 Å². The van der Waals surface area contributed by atoms with Gasteiger partial charge in [-0.05, 0) is 35.7 Å². The van der Waals surface area contributed by atoms with Crippen molar-refractivity contribution in [1.82, 2.24) is 4.98 Å². The van der Waals surface area contributed by atoms with Gasteiger partial charge in [0.2, 0.25) is 12.5 Å². The van der Waals surface area contributed by atoms with Crippen molar-refractivity contribution in [2.24, 2.45) is 0 Å². The van der Waals surface area contributed by atoms with E-state index in [1.165, 1.54) is 21.3 Å². The number of hydrogen-bond donors (Lipinski definition) is 0. The van der Waals surface area contributed by atoms with Crippen LogP contribution in [0.3, 0.4) is 0 Å². The lowest BCUT2D eigenvalue weighted by Crippen LogP contribution is -2.15. The summed E-state index contributed by atoms with van der Waals surface area (Å²) in [5, 5.41) is 1.85. The number of esters is 1. The van der Waals surface area contributed by atoms with Crippen LogP contribution in [0.4, 0.5) is 0 Å². The van der Waals surface area contributed by atoms with Gasteiger partial charge < -0.3 is 28.4 Å². The lowest BCUT2D eigenvalue weighted by atomic mass is 10.00. The Labute approximate surface area is 201 Å². The summed E-state index contributed by atoms with van der Waals surface area (Å²) in [5.41, 5.74) is 1.53. The third-order valence-electron chi connectivity index (χ3n) is 5.78. The molecule has 8 heteroatoms. The molecule has 0 saturated carbocycles. The Hall–Kier alpha value is -4.46. The van der Waals surface area contributed by atoms with E-state index < -0.39 is 12.1 Å². The number of fused-ring (bicyclic) bond motifs is 2. The van der Waals surface area contributed by atoms with Crippen LogP contribution in [0.2, 0.25) is 0 Å². The van der Waals surface area contributed by atoms with E-state index in [0.717, 1.165) is 10.8 Å². The average molecular weight is 473 g/mol. The standard InChI is InChI=1S/C27H23NO7/c1-30-22-13-18(14-23(31-2)26(22)32-3)27(29)35-25(17-8-9-20-21(12-17)34-15-33-20)24-19-7-5-4-6-16(19)10-11-28-24/h4-14,25H,15H2,1-3H3/t25-/m0/s1. The zero-order valence-corrected chi connectivity index (χ0v) is 19.4. The summed E-state index contributed by atoms with van der Waals surface area (Å²) in [6.45, 7) is 0.140. The van der Waals surface area contributed by atoms with Gasteiger partial charge in [0, 0.05) is 17.1 Å². The molecular weight excluding hydrogens is 450 g/mol. The molecule has 1 aliphatic heterocycles. The van der Waals surface area contributed by atoms with Crippen molar-refractivity contribution in [2.45, 2.75) is 6.10 Å². The van der Waals surface area contributed by atoms with Crippen LogP contribution < -0.4 is 23.7 Å². The molecule has 0 aliphatic carbocycles. The van der Waals surface area contributed by atoms with Gasteiger partial charge in [0.15, 0.2) is 29.1 Å². The predicted octanol–water partition coefficient (Wildman–Crippen LogP) is 4.94. The summed E-state index contributed by atoms with van der Waals surface area (Å²) in [5.74, 6) is 1.71. The minimum absolute atomic E-state index is 0.140. The van der Waals surface area contributed by atoms with Gasteiger partial charge in [-0.3, -0.25) is 4.98 Å². The molecule has 0 amide bonds. The van der Waals surface area contributed by atoms with Gasteiger partial charge in [0.25, 0.3) is 0 Å². The topological polar surface area (TPSA) is 85.3 Å². The molecule has 0 saturated heterocycles. The first-order chi connectivity index (χ1) is 17.1. The van der Waals surface area contributed by atoms with Crippen molar-refractivity contribution in [3.05, 3.63) is 83.7 Å². The molecule has 35 heavy (non-hydrogen) atoms. The Morgan fingerprint density at radius 1 is 0.886 bits per heavy atom. The Morgan fingerprint density at radius 3 is 2.37 bits per heavy atom. The van der Waals surface area contributed by atoms with Crippen molar-refractivity contribution in [3.8, 4) is 28.7 Å². The maximum absolute atomic E-state index is 13.4. The van der Waals surface area contributed by atoms with E-state index in [-0.39, 0.29) is 12.4 Å². The second-order valence-corrected chi connectivity index (χ2v) is 7.73. The summed E-state index contributed by atoms with van der Waals surface area (Å²) in [7, 11) is 4.48. The monoisotopic (exact) mass is 473 g/mol. The van der Waals surface area contributed by atoms with Gasteiger partial charge in [-0.2, -0.15) is 0 Å². The van der Waals surface area contributed by atoms with E-state index in [9.17, 15) is 4.79 Å². The van der Waals surface area contributed by atoms with Crippen molar-refractivity contribution in [1.29, 1.82) is 0 Å². The molecule has 0 bridgehead atoms. The van der Waals surface area contributed by atoms with Crippen molar-refractivity contribution in [3.63, 3.8) is 0 Å². The zero-order valence-electron chi connectivity index (χ0n) is 19.4. The second kappa shape index (κ2) is 9.42. The molecule has 8 nitrogen and oxygen atoms in total. The van der Waals surface area contributed by atoms with E-state index in [0.29, 0.717) is 40.0 Å². The highest BCUT2D eigenvalue weighted by Crippen LogP contribution is 2.41. The number of carbonyl (C=O) groups is 1. The first-order valence-corrected chi connectivity index (χ1v) is 10.9. The smallest absolute Gasteiger partial charge is 0.339 e. The van der Waals surface area contributed by atoms with Crippen molar-refractivity contribution in [2.75, 3.05) is 28.1 Å². The molecule has 0 radical (unpaired) electrons. The van der Waals surface area contributed by atoms with Crippen LogP contribution in [-0.2, 0) is 4.74 Å². The Morgan fingerprint density at radius 2 is 1.63 bits per heavy atom. The summed E-state index contributed by atoms with van der Waals surface area (Å²) < 4.78 is 33.3. The maximum atomic E-state index is 13.4. The van der Waals surface area contributed by atoms with Crippen LogP contribution in [0.5, 0.6) is 28.7 Å². The summed E-state index contributed by atoms with van der Waals surface area (Å²) in [4.78, 5) is 18.0. The normalized spacial score (nSPS) is 12.8. The second-order valence-electron chi connectivity index (χ2n) is 7.73. The van der Waals surface area contributed by atoms with Crippen LogP contribution in [0.25, 0.3) is 10.8 Å². The highest BCUT2D eigenvalue weighted by molar-refractivity contribution is 5.92. The number of aromatic nitrogens is 1. The molecule has 1 atom stereocenters. The number of methoxy groups -OCH3 is 3. The lowest BCUT2D eigenvalue weighted by Gasteiger charge is -2.21. The molecule has 4 aromatic rings. The Kier molecular flexibility index (Phi) is 6.01. The summed E-state index contributed by atoms with van der Waals surface area (Å²) >= 11 is 0. The Balaban J connectivity index is 1.60. The quantitative estimate of drug-likeness (QED) is 0.349. The summed E-state index contributed by atoms with van der Waals surface area (Å²) in [6, 6.07) is 18.3. The fraction of sp³-hybridized carbons (Fsp3) is 0.185. The number of hydrogen-bond acceptors (Lipinski definition) is 8. The van der Waals surface area contributed by atoms with Crippen LogP contribution in [-0.4, -0.2) is 39.1 Å². The van der Waals surface area contributed by atoms with Crippen LogP contribution in [0, 0.1) is 0 Å². The van der Waals surface area contributed by atoms with E-state index in [1.807, 2.05) is 36.4 Å². The predicted molar refractivity (Wildman–Crippen MR) is 128 cm³/mol. The Bertz CT molecular complexity index is 1370. The first-order valence-electron chi connectivity index (χ1n) is 10.9. The third-order valence-corrected chi connectivity index (χ3v) is 5.78. The summed E-state index contributed by atoms with van der Waals surface area (Å²) in [6.07, 6.45) is 0.882. The molecule has 0 fully saturated rings. The fourth-order valence-corrected chi connectivity index (χ4v) is 4.08. The fourth-order valence-electron chi connectivity index (χ4n) is 4.08. The SMILES string of the molecule is COc1cc(C(=O)O[C@@H](c2ccc3c(c2)OCO3)c2nccc3ccccc23)cc(OC)c1OC. The van der Waals surface area contributed by atoms with Crippen molar-refractivity contribution >= 4 is 16.7 Å². The largest absolute Gasteiger partial charge is 0.493 e. The first kappa shape index (κ1) is 22.3. The minimum atomic E-state index is -0.817. The number of ether oxygens (including phenoxy) is 6. The van der Waals surface area contributed by atoms with E-state index in [1.54, 1.807) is 30.5 Å². The third kappa shape index (κ3) is 4.14. The molecule has 0 spiro atoms. The molecule has 178 valence electrons. The van der Waals surface area contributed by atoms with Gasteiger partial charge in [-0.25, -0.2) is 4.79 Å². The molecule has 0 N–H and O–H groups in total. The van der Waals surface area contributed by atoms with Gasteiger partial charge in [0.1, 0.15) is 0 Å². The van der Waals surface area contributed by atoms with Crippen LogP contribution in [0.1, 0.15) is 27.7 Å². The zero-order chi connectivity index (χ0) is 24.4. The van der Waals surface area contributed by atoms with E-state index in [4.69, 9.17) is 28.4 Å². The van der Waals surface area contributed by atoms with Gasteiger partial charge in [-0.1, -0.05) is 30.3 Å².